The molecule has 1 aromatic rings. The van der Waals surface area contributed by atoms with Gasteiger partial charge in [-0.25, -0.2) is 0 Å². The quantitative estimate of drug-likeness (QED) is 0.888. The van der Waals surface area contributed by atoms with Gasteiger partial charge in [0.1, 0.15) is 5.75 Å². The highest BCUT2D eigenvalue weighted by Gasteiger charge is 2.30. The molecule has 17 heavy (non-hydrogen) atoms. The average molecular weight is 247 g/mol. The number of carbonyl (C=O) groups is 1. The Kier molecular flexibility index (Phi) is 4.37. The Morgan fingerprint density at radius 2 is 1.88 bits per heavy atom. The van der Waals surface area contributed by atoms with Crippen molar-refractivity contribution in [1.82, 2.24) is 5.32 Å². The summed E-state index contributed by atoms with van der Waals surface area (Å²) in [4.78, 5) is 11.4. The summed E-state index contributed by atoms with van der Waals surface area (Å²) in [7, 11) is 0. The minimum atomic E-state index is -4.72. The summed E-state index contributed by atoms with van der Waals surface area (Å²) in [6.45, 7) is 2.43. The Bertz CT molecular complexity index is 373. The maximum Gasteiger partial charge on any atom is 0.573 e. The first-order valence-corrected chi connectivity index (χ1v) is 5.06. The molecular weight excluding hydrogens is 235 g/mol. The van der Waals surface area contributed by atoms with Crippen LogP contribution in [0.15, 0.2) is 24.3 Å². The molecule has 0 aliphatic carbocycles. The van der Waals surface area contributed by atoms with Gasteiger partial charge in [-0.3, -0.25) is 4.79 Å². The van der Waals surface area contributed by atoms with Crippen LogP contribution in [0.5, 0.6) is 5.75 Å². The summed E-state index contributed by atoms with van der Waals surface area (Å²) in [6.07, 6.45) is -3.92. The van der Waals surface area contributed by atoms with E-state index in [2.05, 4.69) is 10.1 Å². The second-order valence-corrected chi connectivity index (χ2v) is 3.33. The molecule has 0 spiro atoms. The molecule has 0 aliphatic heterocycles. The Hall–Kier alpha value is -1.72. The van der Waals surface area contributed by atoms with Crippen molar-refractivity contribution in [3.05, 3.63) is 29.8 Å². The topological polar surface area (TPSA) is 38.3 Å². The largest absolute Gasteiger partial charge is 0.573 e. The zero-order valence-corrected chi connectivity index (χ0v) is 9.17. The van der Waals surface area contributed by atoms with Gasteiger partial charge in [0.05, 0.1) is 0 Å². The van der Waals surface area contributed by atoms with Crippen LogP contribution in [0.2, 0.25) is 0 Å². The number of amides is 1. The summed E-state index contributed by atoms with van der Waals surface area (Å²) in [5.41, 5.74) is 0.299. The molecule has 0 unspecified atom stereocenters. The minimum Gasteiger partial charge on any atom is -0.406 e. The first kappa shape index (κ1) is 13.3. The molecule has 0 saturated heterocycles. The van der Waals surface area contributed by atoms with E-state index >= 15 is 0 Å². The van der Waals surface area contributed by atoms with E-state index in [1.54, 1.807) is 0 Å². The van der Waals surface area contributed by atoms with Gasteiger partial charge in [-0.05, 0) is 30.7 Å². The lowest BCUT2D eigenvalue weighted by atomic mass is 10.2. The Morgan fingerprint density at radius 3 is 2.35 bits per heavy atom. The molecule has 6 heteroatoms. The highest BCUT2D eigenvalue weighted by molar-refractivity contribution is 5.94. The Labute approximate surface area is 96.6 Å². The second-order valence-electron chi connectivity index (χ2n) is 3.33. The van der Waals surface area contributed by atoms with Crippen molar-refractivity contribution in [2.24, 2.45) is 0 Å². The van der Waals surface area contributed by atoms with E-state index in [0.29, 0.717) is 12.1 Å². The fourth-order valence-electron chi connectivity index (χ4n) is 1.15. The number of halogens is 3. The molecule has 1 aromatic carbocycles. The first-order chi connectivity index (χ1) is 7.92. The third kappa shape index (κ3) is 4.76. The van der Waals surface area contributed by atoms with Crippen molar-refractivity contribution in [2.45, 2.75) is 19.7 Å². The van der Waals surface area contributed by atoms with E-state index in [-0.39, 0.29) is 11.7 Å². The van der Waals surface area contributed by atoms with Gasteiger partial charge in [0.25, 0.3) is 5.91 Å². The molecule has 0 saturated carbocycles. The van der Waals surface area contributed by atoms with Crippen LogP contribution in [0.1, 0.15) is 23.7 Å². The molecule has 0 radical (unpaired) electrons. The Balaban J connectivity index is 2.64. The second kappa shape index (κ2) is 5.56. The van der Waals surface area contributed by atoms with Crippen molar-refractivity contribution in [1.29, 1.82) is 0 Å². The van der Waals surface area contributed by atoms with Gasteiger partial charge in [-0.1, -0.05) is 6.92 Å². The van der Waals surface area contributed by atoms with Crippen molar-refractivity contribution in [2.75, 3.05) is 6.54 Å². The van der Waals surface area contributed by atoms with Crippen LogP contribution in [-0.2, 0) is 0 Å². The fraction of sp³-hybridized carbons (Fsp3) is 0.364. The molecule has 94 valence electrons. The van der Waals surface area contributed by atoms with Crippen molar-refractivity contribution in [3.63, 3.8) is 0 Å². The number of alkyl halides is 3. The maximum absolute atomic E-state index is 11.9. The van der Waals surface area contributed by atoms with Gasteiger partial charge in [0.2, 0.25) is 0 Å². The molecule has 0 bridgehead atoms. The van der Waals surface area contributed by atoms with Crippen LogP contribution in [-0.4, -0.2) is 18.8 Å². The molecule has 0 aliphatic rings. The lowest BCUT2D eigenvalue weighted by Crippen LogP contribution is -2.24. The first-order valence-electron chi connectivity index (χ1n) is 5.06. The number of nitrogens with one attached hydrogen (secondary N) is 1. The average Bonchev–Trinajstić information content (AvgIpc) is 2.24. The molecule has 3 nitrogen and oxygen atoms in total. The molecule has 1 amide bonds. The number of carbonyl (C=O) groups excluding carboxylic acids is 1. The van der Waals surface area contributed by atoms with E-state index in [0.717, 1.165) is 18.6 Å². The molecule has 0 aromatic heterocycles. The third-order valence-electron chi connectivity index (χ3n) is 1.89. The van der Waals surface area contributed by atoms with E-state index in [9.17, 15) is 18.0 Å². The van der Waals surface area contributed by atoms with E-state index in [1.165, 1.54) is 12.1 Å². The van der Waals surface area contributed by atoms with Crippen molar-refractivity contribution < 1.29 is 22.7 Å². The van der Waals surface area contributed by atoms with E-state index in [1.807, 2.05) is 6.92 Å². The van der Waals surface area contributed by atoms with Crippen LogP contribution < -0.4 is 10.1 Å². The summed E-state index contributed by atoms with van der Waals surface area (Å²) < 4.78 is 39.3. The summed E-state index contributed by atoms with van der Waals surface area (Å²) in [6, 6.07) is 4.78. The number of hydrogen-bond donors (Lipinski definition) is 1. The van der Waals surface area contributed by atoms with Gasteiger partial charge in [0.15, 0.2) is 0 Å². The molecular formula is C11H12F3NO2. The normalized spacial score (nSPS) is 11.1. The van der Waals surface area contributed by atoms with Crippen molar-refractivity contribution >= 4 is 5.91 Å². The van der Waals surface area contributed by atoms with Crippen LogP contribution >= 0.6 is 0 Å². The van der Waals surface area contributed by atoms with Crippen LogP contribution in [0.4, 0.5) is 13.2 Å². The number of ether oxygens (including phenoxy) is 1. The van der Waals surface area contributed by atoms with Gasteiger partial charge in [-0.15, -0.1) is 13.2 Å². The van der Waals surface area contributed by atoms with Gasteiger partial charge < -0.3 is 10.1 Å². The van der Waals surface area contributed by atoms with Crippen LogP contribution in [0.3, 0.4) is 0 Å². The maximum atomic E-state index is 11.9. The van der Waals surface area contributed by atoms with Crippen molar-refractivity contribution in [3.8, 4) is 5.75 Å². The standard InChI is InChI=1S/C11H12F3NO2/c1-2-7-15-10(16)8-3-5-9(6-4-8)17-11(12,13)14/h3-6H,2,7H2,1H3,(H,15,16). The summed E-state index contributed by atoms with van der Waals surface area (Å²) >= 11 is 0. The summed E-state index contributed by atoms with van der Waals surface area (Å²) in [5.74, 6) is -0.657. The zero-order chi connectivity index (χ0) is 12.9. The molecule has 1 rings (SSSR count). The molecule has 1 N–H and O–H groups in total. The van der Waals surface area contributed by atoms with E-state index < -0.39 is 6.36 Å². The zero-order valence-electron chi connectivity index (χ0n) is 9.17. The lowest BCUT2D eigenvalue weighted by molar-refractivity contribution is -0.274. The predicted octanol–water partition coefficient (Wildman–Crippen LogP) is 2.73. The summed E-state index contributed by atoms with van der Waals surface area (Å²) in [5, 5.41) is 2.61. The minimum absolute atomic E-state index is 0.299. The molecule has 0 atom stereocenters. The molecule has 0 heterocycles. The van der Waals surface area contributed by atoms with Gasteiger partial charge in [0, 0.05) is 12.1 Å². The Morgan fingerprint density at radius 1 is 1.29 bits per heavy atom. The number of benzene rings is 1. The van der Waals surface area contributed by atoms with Crippen LogP contribution in [0, 0.1) is 0 Å². The number of rotatable bonds is 4. The number of hydrogen-bond acceptors (Lipinski definition) is 2. The van der Waals surface area contributed by atoms with E-state index in [4.69, 9.17) is 0 Å². The third-order valence-corrected chi connectivity index (χ3v) is 1.89. The van der Waals surface area contributed by atoms with Gasteiger partial charge in [-0.2, -0.15) is 0 Å². The predicted molar refractivity (Wildman–Crippen MR) is 55.7 cm³/mol. The fourth-order valence-corrected chi connectivity index (χ4v) is 1.15. The lowest BCUT2D eigenvalue weighted by Gasteiger charge is -2.09. The van der Waals surface area contributed by atoms with Crippen LogP contribution in [0.25, 0.3) is 0 Å². The van der Waals surface area contributed by atoms with Gasteiger partial charge >= 0.3 is 6.36 Å². The highest BCUT2D eigenvalue weighted by atomic mass is 19.4. The SMILES string of the molecule is CCCNC(=O)c1ccc(OC(F)(F)F)cc1. The smallest absolute Gasteiger partial charge is 0.406 e. The molecule has 0 fully saturated rings. The highest BCUT2D eigenvalue weighted by Crippen LogP contribution is 2.22. The monoisotopic (exact) mass is 247 g/mol.